The second kappa shape index (κ2) is 8.61. The van der Waals surface area contributed by atoms with Crippen LogP contribution in [0.4, 0.5) is 0 Å². The molecule has 0 bridgehead atoms. The molecule has 1 amide bonds. The van der Waals surface area contributed by atoms with Crippen LogP contribution in [0.15, 0.2) is 89.9 Å². The normalized spacial score (nSPS) is 11.8. The van der Waals surface area contributed by atoms with Crippen molar-refractivity contribution in [3.05, 3.63) is 107 Å². The lowest BCUT2D eigenvalue weighted by molar-refractivity contribution is -0.122. The van der Waals surface area contributed by atoms with Crippen molar-refractivity contribution in [2.75, 3.05) is 7.11 Å². The first-order valence-corrected chi connectivity index (χ1v) is 9.58. The lowest BCUT2D eigenvalue weighted by atomic mass is 9.98. The van der Waals surface area contributed by atoms with Gasteiger partial charge in [-0.2, -0.15) is 0 Å². The van der Waals surface area contributed by atoms with Crippen molar-refractivity contribution in [3.8, 4) is 5.75 Å². The summed E-state index contributed by atoms with van der Waals surface area (Å²) in [6.07, 6.45) is 1.24. The van der Waals surface area contributed by atoms with E-state index in [0.717, 1.165) is 16.9 Å². The van der Waals surface area contributed by atoms with Gasteiger partial charge in [-0.1, -0.05) is 54.6 Å². The van der Waals surface area contributed by atoms with Gasteiger partial charge in [-0.3, -0.25) is 14.2 Å². The van der Waals surface area contributed by atoms with Crippen molar-refractivity contribution < 1.29 is 9.53 Å². The Morgan fingerprint density at radius 2 is 1.63 bits per heavy atom. The van der Waals surface area contributed by atoms with Crippen molar-refractivity contribution in [1.82, 2.24) is 14.9 Å². The molecule has 1 unspecified atom stereocenters. The molecular formula is C24H21N3O3. The zero-order valence-electron chi connectivity index (χ0n) is 16.5. The number of carbonyl (C=O) groups is 1. The number of carbonyl (C=O) groups excluding carboxylic acids is 1. The monoisotopic (exact) mass is 399 g/mol. The Kier molecular flexibility index (Phi) is 5.57. The number of benzene rings is 3. The van der Waals surface area contributed by atoms with E-state index in [-0.39, 0.29) is 24.1 Å². The van der Waals surface area contributed by atoms with E-state index < -0.39 is 0 Å². The van der Waals surface area contributed by atoms with Gasteiger partial charge in [0.2, 0.25) is 5.91 Å². The van der Waals surface area contributed by atoms with Gasteiger partial charge in [-0.25, -0.2) is 4.98 Å². The number of para-hydroxylation sites is 2. The molecule has 4 rings (SSSR count). The zero-order chi connectivity index (χ0) is 20.9. The molecule has 1 heterocycles. The van der Waals surface area contributed by atoms with E-state index >= 15 is 0 Å². The molecule has 0 aliphatic carbocycles. The summed E-state index contributed by atoms with van der Waals surface area (Å²) >= 11 is 0. The minimum Gasteiger partial charge on any atom is -0.497 e. The molecule has 0 fully saturated rings. The van der Waals surface area contributed by atoms with E-state index in [2.05, 4.69) is 10.3 Å². The maximum atomic E-state index is 13.0. The molecule has 0 spiro atoms. The molecule has 150 valence electrons. The second-order valence-corrected chi connectivity index (χ2v) is 6.86. The fraction of sp³-hybridized carbons (Fsp3) is 0.125. The van der Waals surface area contributed by atoms with Crippen LogP contribution in [0.1, 0.15) is 17.2 Å². The van der Waals surface area contributed by atoms with E-state index in [1.54, 1.807) is 13.2 Å². The van der Waals surface area contributed by atoms with E-state index in [1.165, 1.54) is 10.8 Å². The molecule has 4 aromatic rings. The molecule has 0 radical (unpaired) electrons. The Morgan fingerprint density at radius 1 is 0.967 bits per heavy atom. The molecule has 0 saturated carbocycles. The Labute approximate surface area is 173 Å². The van der Waals surface area contributed by atoms with Gasteiger partial charge in [0.15, 0.2) is 0 Å². The minimum atomic E-state index is -0.353. The Balaban J connectivity index is 1.64. The molecular weight excluding hydrogens is 378 g/mol. The van der Waals surface area contributed by atoms with Crippen LogP contribution in [0.3, 0.4) is 0 Å². The maximum absolute atomic E-state index is 13.0. The van der Waals surface area contributed by atoms with Crippen LogP contribution in [0.5, 0.6) is 5.75 Å². The molecule has 6 nitrogen and oxygen atoms in total. The average molecular weight is 399 g/mol. The van der Waals surface area contributed by atoms with Crippen LogP contribution >= 0.6 is 0 Å². The number of fused-ring (bicyclic) bond motifs is 1. The summed E-state index contributed by atoms with van der Waals surface area (Å²) in [7, 11) is 1.61. The highest BCUT2D eigenvalue weighted by molar-refractivity contribution is 5.80. The van der Waals surface area contributed by atoms with Gasteiger partial charge >= 0.3 is 0 Å². The number of methoxy groups -OCH3 is 1. The third kappa shape index (κ3) is 4.07. The Morgan fingerprint density at radius 3 is 2.37 bits per heavy atom. The van der Waals surface area contributed by atoms with Crippen LogP contribution in [0, 0.1) is 0 Å². The van der Waals surface area contributed by atoms with Crippen molar-refractivity contribution in [1.29, 1.82) is 0 Å². The van der Waals surface area contributed by atoms with Crippen LogP contribution in [-0.4, -0.2) is 22.6 Å². The number of hydrogen-bond donors (Lipinski definition) is 1. The summed E-state index contributed by atoms with van der Waals surface area (Å²) in [5, 5.41) is 3.07. The van der Waals surface area contributed by atoms with Crippen LogP contribution < -0.4 is 15.6 Å². The second-order valence-electron chi connectivity index (χ2n) is 6.86. The number of rotatable bonds is 6. The largest absolute Gasteiger partial charge is 0.497 e. The van der Waals surface area contributed by atoms with E-state index in [1.807, 2.05) is 72.8 Å². The first-order chi connectivity index (χ1) is 14.7. The van der Waals surface area contributed by atoms with Gasteiger partial charge in [0.1, 0.15) is 12.3 Å². The highest BCUT2D eigenvalue weighted by atomic mass is 16.5. The maximum Gasteiger partial charge on any atom is 0.269 e. The predicted molar refractivity (Wildman–Crippen MR) is 115 cm³/mol. The number of amides is 1. The van der Waals surface area contributed by atoms with Gasteiger partial charge < -0.3 is 10.1 Å². The summed E-state index contributed by atoms with van der Waals surface area (Å²) in [6.45, 7) is -0.0959. The number of ether oxygens (including phenoxy) is 1. The van der Waals surface area contributed by atoms with E-state index in [4.69, 9.17) is 4.74 Å². The molecule has 1 atom stereocenters. The first-order valence-electron chi connectivity index (χ1n) is 9.58. The smallest absolute Gasteiger partial charge is 0.269 e. The van der Waals surface area contributed by atoms with Crippen molar-refractivity contribution in [2.45, 2.75) is 12.6 Å². The summed E-state index contributed by atoms with van der Waals surface area (Å²) in [5.74, 6) is 0.477. The quantitative estimate of drug-likeness (QED) is 0.540. The van der Waals surface area contributed by atoms with Gasteiger partial charge in [0.25, 0.3) is 5.56 Å². The molecule has 3 aromatic carbocycles. The van der Waals surface area contributed by atoms with Gasteiger partial charge in [0, 0.05) is 0 Å². The fourth-order valence-electron chi connectivity index (χ4n) is 3.43. The van der Waals surface area contributed by atoms with Crippen LogP contribution in [0.25, 0.3) is 11.0 Å². The van der Waals surface area contributed by atoms with Gasteiger partial charge in [0.05, 0.1) is 30.4 Å². The van der Waals surface area contributed by atoms with Crippen LogP contribution in [0.2, 0.25) is 0 Å². The molecule has 0 saturated heterocycles. The van der Waals surface area contributed by atoms with E-state index in [0.29, 0.717) is 11.0 Å². The zero-order valence-corrected chi connectivity index (χ0v) is 16.5. The number of hydrogen-bond acceptors (Lipinski definition) is 4. The third-order valence-corrected chi connectivity index (χ3v) is 4.94. The highest BCUT2D eigenvalue weighted by Gasteiger charge is 2.18. The number of nitrogens with zero attached hydrogens (tertiary/aromatic N) is 2. The lowest BCUT2D eigenvalue weighted by Crippen LogP contribution is -2.35. The topological polar surface area (TPSA) is 73.2 Å². The first kappa shape index (κ1) is 19.4. The Bertz CT molecular complexity index is 1220. The average Bonchev–Trinajstić information content (AvgIpc) is 2.80. The number of aromatic nitrogens is 2. The van der Waals surface area contributed by atoms with Gasteiger partial charge in [-0.05, 0) is 35.4 Å². The van der Waals surface area contributed by atoms with Crippen molar-refractivity contribution >= 4 is 16.9 Å². The molecule has 6 heteroatoms. The SMILES string of the molecule is COc1ccc(C(NC(=O)Cn2c(=O)cnc3ccccc32)c2ccccc2)cc1. The lowest BCUT2D eigenvalue weighted by Gasteiger charge is -2.21. The molecule has 1 N–H and O–H groups in total. The molecule has 0 aliphatic heterocycles. The van der Waals surface area contributed by atoms with Crippen molar-refractivity contribution in [3.63, 3.8) is 0 Å². The molecule has 0 aliphatic rings. The summed E-state index contributed by atoms with van der Waals surface area (Å²) in [5.41, 5.74) is 2.84. The predicted octanol–water partition coefficient (Wildman–Crippen LogP) is 3.31. The van der Waals surface area contributed by atoms with E-state index in [9.17, 15) is 9.59 Å². The fourth-order valence-corrected chi connectivity index (χ4v) is 3.43. The standard InChI is InChI=1S/C24H21N3O3/c1-30-19-13-11-18(12-14-19)24(17-7-3-2-4-8-17)26-22(28)16-27-21-10-6-5-9-20(21)25-15-23(27)29/h2-15,24H,16H2,1H3,(H,26,28). The minimum absolute atomic E-state index is 0.0959. The third-order valence-electron chi connectivity index (χ3n) is 4.94. The molecule has 1 aromatic heterocycles. The number of nitrogens with one attached hydrogen (secondary N) is 1. The summed E-state index contributed by atoms with van der Waals surface area (Å²) < 4.78 is 6.68. The Hall–Kier alpha value is -3.93. The molecule has 30 heavy (non-hydrogen) atoms. The highest BCUT2D eigenvalue weighted by Crippen LogP contribution is 2.24. The van der Waals surface area contributed by atoms with Gasteiger partial charge in [-0.15, -0.1) is 0 Å². The van der Waals surface area contributed by atoms with Crippen LogP contribution in [-0.2, 0) is 11.3 Å². The summed E-state index contributed by atoms with van der Waals surface area (Å²) in [6, 6.07) is 24.2. The summed E-state index contributed by atoms with van der Waals surface area (Å²) in [4.78, 5) is 29.5. The van der Waals surface area contributed by atoms with Crippen molar-refractivity contribution in [2.24, 2.45) is 0 Å².